The third-order valence-electron chi connectivity index (χ3n) is 3.05. The lowest BCUT2D eigenvalue weighted by atomic mass is 10.1. The number of nitrogens with zero attached hydrogens (tertiary/aromatic N) is 1. The van der Waals surface area contributed by atoms with Crippen LogP contribution >= 0.6 is 0 Å². The van der Waals surface area contributed by atoms with Crippen LogP contribution < -0.4 is 5.32 Å². The quantitative estimate of drug-likeness (QED) is 0.771. The topological polar surface area (TPSA) is 15.3 Å². The number of nitrogens with one attached hydrogen (secondary N) is 1. The Labute approximate surface area is 104 Å². The van der Waals surface area contributed by atoms with E-state index in [1.807, 2.05) is 0 Å². The molecule has 0 saturated carbocycles. The average Bonchev–Trinajstić information content (AvgIpc) is 2.38. The molecule has 1 aromatic rings. The molecule has 1 N–H and O–H groups in total. The van der Waals surface area contributed by atoms with Gasteiger partial charge >= 0.3 is 0 Å². The molecule has 1 aliphatic heterocycles. The Morgan fingerprint density at radius 2 is 1.82 bits per heavy atom. The van der Waals surface area contributed by atoms with Crippen LogP contribution in [0.3, 0.4) is 0 Å². The fraction of sp³-hybridized carbons (Fsp3) is 0.467. The molecule has 0 spiro atoms. The molecular weight excluding hydrogens is 208 g/mol. The summed E-state index contributed by atoms with van der Waals surface area (Å²) in [6.45, 7) is 7.46. The zero-order valence-electron chi connectivity index (χ0n) is 10.5. The fourth-order valence-electron chi connectivity index (χ4n) is 1.91. The summed E-state index contributed by atoms with van der Waals surface area (Å²) >= 11 is 0. The van der Waals surface area contributed by atoms with Gasteiger partial charge < -0.3 is 5.32 Å². The van der Waals surface area contributed by atoms with Crippen LogP contribution in [0.4, 0.5) is 0 Å². The first-order chi connectivity index (χ1) is 8.34. The van der Waals surface area contributed by atoms with Crippen molar-refractivity contribution in [3.8, 4) is 11.8 Å². The smallest absolute Gasteiger partial charge is 0.0602 e. The van der Waals surface area contributed by atoms with Gasteiger partial charge in [0.2, 0.25) is 0 Å². The van der Waals surface area contributed by atoms with Crippen molar-refractivity contribution in [1.29, 1.82) is 0 Å². The number of aryl methyl sites for hydroxylation is 1. The monoisotopic (exact) mass is 228 g/mol. The summed E-state index contributed by atoms with van der Waals surface area (Å²) in [6.07, 6.45) is 0.867. The van der Waals surface area contributed by atoms with Crippen LogP contribution in [0.1, 0.15) is 11.1 Å². The van der Waals surface area contributed by atoms with E-state index in [1.165, 1.54) is 11.1 Å². The van der Waals surface area contributed by atoms with Gasteiger partial charge in [0.15, 0.2) is 0 Å². The lowest BCUT2D eigenvalue weighted by molar-refractivity contribution is 0.268. The van der Waals surface area contributed by atoms with Gasteiger partial charge in [0.1, 0.15) is 0 Å². The lowest BCUT2D eigenvalue weighted by Crippen LogP contribution is -2.43. The molecule has 2 nitrogen and oxygen atoms in total. The van der Waals surface area contributed by atoms with Crippen LogP contribution in [0.25, 0.3) is 0 Å². The van der Waals surface area contributed by atoms with Crippen molar-refractivity contribution in [2.45, 2.75) is 13.3 Å². The molecule has 90 valence electrons. The standard InChI is InChI=1S/C15H20N2/c1-14-5-7-15(8-6-14)4-2-3-11-17-12-9-16-10-13-17/h5-8,16H,4,9-13H2,1H3. The van der Waals surface area contributed by atoms with Crippen molar-refractivity contribution in [1.82, 2.24) is 10.2 Å². The summed E-state index contributed by atoms with van der Waals surface area (Å²) in [4.78, 5) is 2.40. The number of rotatable bonds is 2. The van der Waals surface area contributed by atoms with Crippen LogP contribution in [-0.2, 0) is 6.42 Å². The minimum Gasteiger partial charge on any atom is -0.314 e. The first kappa shape index (κ1) is 12.2. The summed E-state index contributed by atoms with van der Waals surface area (Å²) in [7, 11) is 0. The van der Waals surface area contributed by atoms with Gasteiger partial charge in [0.25, 0.3) is 0 Å². The maximum absolute atomic E-state index is 3.35. The van der Waals surface area contributed by atoms with Gasteiger partial charge in [-0.15, -0.1) is 0 Å². The van der Waals surface area contributed by atoms with E-state index < -0.39 is 0 Å². The van der Waals surface area contributed by atoms with E-state index in [0.717, 1.165) is 39.1 Å². The number of hydrogen-bond acceptors (Lipinski definition) is 2. The minimum absolute atomic E-state index is 0.867. The molecule has 0 unspecified atom stereocenters. The highest BCUT2D eigenvalue weighted by Gasteiger charge is 2.06. The normalized spacial score (nSPS) is 16.3. The Morgan fingerprint density at radius 1 is 1.12 bits per heavy atom. The Morgan fingerprint density at radius 3 is 2.53 bits per heavy atom. The van der Waals surface area contributed by atoms with Gasteiger partial charge in [-0.3, -0.25) is 4.90 Å². The number of hydrogen-bond donors (Lipinski definition) is 1. The van der Waals surface area contributed by atoms with Crippen molar-refractivity contribution in [3.63, 3.8) is 0 Å². The van der Waals surface area contributed by atoms with Gasteiger partial charge in [-0.2, -0.15) is 0 Å². The molecule has 1 aromatic carbocycles. The van der Waals surface area contributed by atoms with Gasteiger partial charge in [0, 0.05) is 32.6 Å². The average molecular weight is 228 g/mol. The first-order valence-electron chi connectivity index (χ1n) is 6.29. The number of piperazine rings is 1. The van der Waals surface area contributed by atoms with Crippen molar-refractivity contribution in [2.75, 3.05) is 32.7 Å². The molecule has 1 aliphatic rings. The third-order valence-corrected chi connectivity index (χ3v) is 3.05. The second-order valence-corrected chi connectivity index (χ2v) is 4.54. The van der Waals surface area contributed by atoms with Crippen LogP contribution in [0.2, 0.25) is 0 Å². The maximum atomic E-state index is 3.35. The van der Waals surface area contributed by atoms with Crippen molar-refractivity contribution in [3.05, 3.63) is 35.4 Å². The second kappa shape index (κ2) is 6.44. The highest BCUT2D eigenvalue weighted by atomic mass is 15.2. The van der Waals surface area contributed by atoms with Crippen molar-refractivity contribution >= 4 is 0 Å². The van der Waals surface area contributed by atoms with Crippen molar-refractivity contribution < 1.29 is 0 Å². The van der Waals surface area contributed by atoms with Gasteiger partial charge in [-0.1, -0.05) is 41.7 Å². The molecule has 1 fully saturated rings. The summed E-state index contributed by atoms with van der Waals surface area (Å²) in [6, 6.07) is 8.62. The van der Waals surface area contributed by atoms with Gasteiger partial charge in [-0.05, 0) is 12.5 Å². The summed E-state index contributed by atoms with van der Waals surface area (Å²) in [5, 5.41) is 3.35. The molecule has 0 bridgehead atoms. The predicted molar refractivity (Wildman–Crippen MR) is 72.0 cm³/mol. The van der Waals surface area contributed by atoms with Crippen molar-refractivity contribution in [2.24, 2.45) is 0 Å². The Hall–Kier alpha value is -1.30. The van der Waals surface area contributed by atoms with Crippen LogP contribution in [0, 0.1) is 18.8 Å². The van der Waals surface area contributed by atoms with E-state index in [2.05, 4.69) is 53.2 Å². The molecule has 2 heteroatoms. The molecule has 2 rings (SSSR count). The van der Waals surface area contributed by atoms with Crippen LogP contribution in [0.15, 0.2) is 24.3 Å². The predicted octanol–water partition coefficient (Wildman–Crippen LogP) is 1.45. The molecule has 0 amide bonds. The zero-order chi connectivity index (χ0) is 11.9. The summed E-state index contributed by atoms with van der Waals surface area (Å²) in [5.41, 5.74) is 2.62. The van der Waals surface area contributed by atoms with E-state index in [-0.39, 0.29) is 0 Å². The molecular formula is C15H20N2. The van der Waals surface area contributed by atoms with E-state index in [1.54, 1.807) is 0 Å². The Bertz CT molecular complexity index is 391. The summed E-state index contributed by atoms with van der Waals surface area (Å²) in [5.74, 6) is 6.52. The molecule has 0 aliphatic carbocycles. The van der Waals surface area contributed by atoms with Gasteiger partial charge in [0.05, 0.1) is 6.54 Å². The van der Waals surface area contributed by atoms with Crippen LogP contribution in [0.5, 0.6) is 0 Å². The minimum atomic E-state index is 0.867. The van der Waals surface area contributed by atoms with E-state index in [9.17, 15) is 0 Å². The Kier molecular flexibility index (Phi) is 4.61. The zero-order valence-corrected chi connectivity index (χ0v) is 10.5. The number of benzene rings is 1. The maximum Gasteiger partial charge on any atom is 0.0602 e. The van der Waals surface area contributed by atoms with Crippen LogP contribution in [-0.4, -0.2) is 37.6 Å². The molecule has 0 radical (unpaired) electrons. The third kappa shape index (κ3) is 4.22. The molecule has 1 saturated heterocycles. The second-order valence-electron chi connectivity index (χ2n) is 4.54. The SMILES string of the molecule is Cc1ccc(CC#CCN2CCNCC2)cc1. The Balaban J connectivity index is 1.76. The molecule has 17 heavy (non-hydrogen) atoms. The molecule has 0 atom stereocenters. The molecule has 0 aromatic heterocycles. The summed E-state index contributed by atoms with van der Waals surface area (Å²) < 4.78 is 0. The lowest BCUT2D eigenvalue weighted by Gasteiger charge is -2.24. The molecule has 1 heterocycles. The largest absolute Gasteiger partial charge is 0.314 e. The van der Waals surface area contributed by atoms with Gasteiger partial charge in [-0.25, -0.2) is 0 Å². The van der Waals surface area contributed by atoms with E-state index in [0.29, 0.717) is 0 Å². The highest BCUT2D eigenvalue weighted by molar-refractivity contribution is 5.25. The van der Waals surface area contributed by atoms with E-state index >= 15 is 0 Å². The van der Waals surface area contributed by atoms with E-state index in [4.69, 9.17) is 0 Å². The first-order valence-corrected chi connectivity index (χ1v) is 6.29. The highest BCUT2D eigenvalue weighted by Crippen LogP contribution is 2.02. The fourth-order valence-corrected chi connectivity index (χ4v) is 1.91.